The number of benzene rings is 2. The summed E-state index contributed by atoms with van der Waals surface area (Å²) in [5.74, 6) is 0.939. The van der Waals surface area contributed by atoms with Crippen molar-refractivity contribution in [2.24, 2.45) is 0 Å². The average molecular weight is 459 g/mol. The van der Waals surface area contributed by atoms with Crippen LogP contribution in [-0.2, 0) is 0 Å². The molecule has 2 aromatic carbocycles. The SMILES string of the molecule is Cc1c(OCCC(C)(C)O)ccc([C@@H](C)N2CCN(C(=O)c3ccc(Cl)cc3)CC2)c1C. The molecule has 0 aliphatic carbocycles. The van der Waals surface area contributed by atoms with E-state index in [1.54, 1.807) is 38.1 Å². The number of carbonyl (C=O) groups is 1. The molecule has 32 heavy (non-hydrogen) atoms. The molecule has 1 N–H and O–H groups in total. The smallest absolute Gasteiger partial charge is 0.253 e. The number of halogens is 1. The van der Waals surface area contributed by atoms with Crippen LogP contribution in [-0.4, -0.2) is 59.2 Å². The lowest BCUT2D eigenvalue weighted by Crippen LogP contribution is -2.49. The Morgan fingerprint density at radius 1 is 1.06 bits per heavy atom. The standard InChI is InChI=1S/C26H35ClN2O3/c1-18-19(2)24(32-17-12-26(4,5)31)11-10-23(18)20(3)28-13-15-29(16-14-28)25(30)21-6-8-22(27)9-7-21/h6-11,20,31H,12-17H2,1-5H3/t20-/m1/s1. The van der Waals surface area contributed by atoms with Gasteiger partial charge in [-0.3, -0.25) is 9.69 Å². The van der Waals surface area contributed by atoms with E-state index in [0.717, 1.165) is 24.4 Å². The molecular formula is C26H35ClN2O3. The third-order valence-corrected chi connectivity index (χ3v) is 6.69. The molecule has 1 saturated heterocycles. The largest absolute Gasteiger partial charge is 0.493 e. The van der Waals surface area contributed by atoms with E-state index < -0.39 is 5.60 Å². The van der Waals surface area contributed by atoms with Crippen molar-refractivity contribution < 1.29 is 14.6 Å². The van der Waals surface area contributed by atoms with Crippen LogP contribution in [0.1, 0.15) is 60.3 Å². The maximum absolute atomic E-state index is 12.8. The first-order chi connectivity index (χ1) is 15.1. The van der Waals surface area contributed by atoms with Crippen molar-refractivity contribution in [3.8, 4) is 5.75 Å². The van der Waals surface area contributed by atoms with Gasteiger partial charge in [0.2, 0.25) is 0 Å². The average Bonchev–Trinajstić information content (AvgIpc) is 2.76. The predicted molar refractivity (Wildman–Crippen MR) is 130 cm³/mol. The van der Waals surface area contributed by atoms with Crippen LogP contribution in [0.5, 0.6) is 5.75 Å². The summed E-state index contributed by atoms with van der Waals surface area (Å²) in [7, 11) is 0. The normalized spacial score (nSPS) is 16.2. The van der Waals surface area contributed by atoms with E-state index in [9.17, 15) is 9.90 Å². The van der Waals surface area contributed by atoms with Crippen LogP contribution < -0.4 is 4.74 Å². The number of amides is 1. The number of hydrogen-bond donors (Lipinski definition) is 1. The number of aliphatic hydroxyl groups is 1. The second-order valence-electron chi connectivity index (χ2n) is 9.32. The van der Waals surface area contributed by atoms with Crippen LogP contribution >= 0.6 is 11.6 Å². The first-order valence-electron chi connectivity index (χ1n) is 11.3. The van der Waals surface area contributed by atoms with Gasteiger partial charge in [-0.1, -0.05) is 17.7 Å². The molecule has 1 atom stereocenters. The first-order valence-corrected chi connectivity index (χ1v) is 11.7. The van der Waals surface area contributed by atoms with Crippen LogP contribution in [0.4, 0.5) is 0 Å². The number of nitrogens with zero attached hydrogens (tertiary/aromatic N) is 2. The molecule has 0 saturated carbocycles. The lowest BCUT2D eigenvalue weighted by molar-refractivity contribution is 0.0549. The van der Waals surface area contributed by atoms with Crippen molar-refractivity contribution in [1.82, 2.24) is 9.80 Å². The van der Waals surface area contributed by atoms with Gasteiger partial charge in [0.05, 0.1) is 12.2 Å². The number of piperazine rings is 1. The molecule has 6 heteroatoms. The highest BCUT2D eigenvalue weighted by Gasteiger charge is 2.26. The Labute approximate surface area is 196 Å². The topological polar surface area (TPSA) is 53.0 Å². The van der Waals surface area contributed by atoms with Gasteiger partial charge < -0.3 is 14.7 Å². The third-order valence-electron chi connectivity index (χ3n) is 6.44. The molecule has 0 spiro atoms. The van der Waals surface area contributed by atoms with E-state index in [2.05, 4.69) is 31.7 Å². The van der Waals surface area contributed by atoms with Crippen molar-refractivity contribution in [2.45, 2.75) is 52.7 Å². The number of rotatable bonds is 7. The molecule has 5 nitrogen and oxygen atoms in total. The van der Waals surface area contributed by atoms with Crippen LogP contribution in [0, 0.1) is 13.8 Å². The fraction of sp³-hybridized carbons (Fsp3) is 0.500. The summed E-state index contributed by atoms with van der Waals surface area (Å²) in [6, 6.07) is 11.5. The highest BCUT2D eigenvalue weighted by atomic mass is 35.5. The maximum atomic E-state index is 12.8. The van der Waals surface area contributed by atoms with Crippen LogP contribution in [0.3, 0.4) is 0 Å². The molecule has 1 aliphatic heterocycles. The zero-order chi connectivity index (χ0) is 23.5. The van der Waals surface area contributed by atoms with Crippen molar-refractivity contribution in [3.05, 3.63) is 63.7 Å². The van der Waals surface area contributed by atoms with Crippen LogP contribution in [0.25, 0.3) is 0 Å². The quantitative estimate of drug-likeness (QED) is 0.633. The molecule has 174 valence electrons. The van der Waals surface area contributed by atoms with Crippen LogP contribution in [0.2, 0.25) is 5.02 Å². The Kier molecular flexibility index (Phi) is 7.86. The Morgan fingerprint density at radius 3 is 2.28 bits per heavy atom. The monoisotopic (exact) mass is 458 g/mol. The van der Waals surface area contributed by atoms with E-state index in [4.69, 9.17) is 16.3 Å². The Balaban J connectivity index is 1.60. The first kappa shape index (κ1) is 24.6. The number of ether oxygens (including phenoxy) is 1. The fourth-order valence-electron chi connectivity index (χ4n) is 4.12. The zero-order valence-electron chi connectivity index (χ0n) is 19.8. The molecule has 3 rings (SSSR count). The summed E-state index contributed by atoms with van der Waals surface area (Å²) in [5.41, 5.74) is 3.62. The van der Waals surface area contributed by atoms with Crippen molar-refractivity contribution >= 4 is 17.5 Å². The molecule has 1 amide bonds. The lowest BCUT2D eigenvalue weighted by Gasteiger charge is -2.39. The molecule has 0 aromatic heterocycles. The number of carbonyl (C=O) groups excluding carboxylic acids is 1. The minimum absolute atomic E-state index is 0.0635. The molecule has 1 fully saturated rings. The van der Waals surface area contributed by atoms with Gasteiger partial charge in [0, 0.05) is 49.2 Å². The van der Waals surface area contributed by atoms with Gasteiger partial charge in [-0.05, 0) is 81.6 Å². The summed E-state index contributed by atoms with van der Waals surface area (Å²) in [5, 5.41) is 10.5. The summed E-state index contributed by atoms with van der Waals surface area (Å²) in [4.78, 5) is 17.1. The van der Waals surface area contributed by atoms with Gasteiger partial charge in [-0.25, -0.2) is 0 Å². The van der Waals surface area contributed by atoms with E-state index >= 15 is 0 Å². The molecule has 1 heterocycles. The van der Waals surface area contributed by atoms with Crippen LogP contribution in [0.15, 0.2) is 36.4 Å². The van der Waals surface area contributed by atoms with Gasteiger partial charge >= 0.3 is 0 Å². The van der Waals surface area contributed by atoms with E-state index in [1.165, 1.54) is 11.1 Å². The minimum atomic E-state index is -0.728. The van der Waals surface area contributed by atoms with Gasteiger partial charge in [0.15, 0.2) is 0 Å². The molecule has 2 aromatic rings. The number of hydrogen-bond acceptors (Lipinski definition) is 4. The van der Waals surface area contributed by atoms with Gasteiger partial charge in [0.1, 0.15) is 5.75 Å². The molecule has 1 aliphatic rings. The fourth-order valence-corrected chi connectivity index (χ4v) is 4.25. The lowest BCUT2D eigenvalue weighted by atomic mass is 9.96. The summed E-state index contributed by atoms with van der Waals surface area (Å²) in [6.07, 6.45) is 0.586. The highest BCUT2D eigenvalue weighted by molar-refractivity contribution is 6.30. The molecular weight excluding hydrogens is 424 g/mol. The predicted octanol–water partition coefficient (Wildman–Crippen LogP) is 5.02. The Morgan fingerprint density at radius 2 is 1.69 bits per heavy atom. The van der Waals surface area contributed by atoms with Crippen molar-refractivity contribution in [2.75, 3.05) is 32.8 Å². The van der Waals surface area contributed by atoms with E-state index in [-0.39, 0.29) is 11.9 Å². The molecule has 0 radical (unpaired) electrons. The Bertz CT molecular complexity index is 929. The maximum Gasteiger partial charge on any atom is 0.253 e. The Hall–Kier alpha value is -2.08. The van der Waals surface area contributed by atoms with Crippen molar-refractivity contribution in [3.63, 3.8) is 0 Å². The van der Waals surface area contributed by atoms with Gasteiger partial charge in [-0.15, -0.1) is 0 Å². The zero-order valence-corrected chi connectivity index (χ0v) is 20.6. The van der Waals surface area contributed by atoms with E-state index in [0.29, 0.717) is 36.7 Å². The molecule has 0 bridgehead atoms. The highest BCUT2D eigenvalue weighted by Crippen LogP contribution is 2.31. The minimum Gasteiger partial charge on any atom is -0.493 e. The third kappa shape index (κ3) is 6.03. The van der Waals surface area contributed by atoms with Crippen molar-refractivity contribution in [1.29, 1.82) is 0 Å². The van der Waals surface area contributed by atoms with Gasteiger partial charge in [-0.2, -0.15) is 0 Å². The summed E-state index contributed by atoms with van der Waals surface area (Å²) < 4.78 is 5.94. The second kappa shape index (κ2) is 10.2. The van der Waals surface area contributed by atoms with Gasteiger partial charge in [0.25, 0.3) is 5.91 Å². The summed E-state index contributed by atoms with van der Waals surface area (Å²) >= 11 is 5.94. The second-order valence-corrected chi connectivity index (χ2v) is 9.76. The molecule has 0 unspecified atom stereocenters. The van der Waals surface area contributed by atoms with E-state index in [1.807, 2.05) is 11.0 Å². The summed E-state index contributed by atoms with van der Waals surface area (Å²) in [6.45, 7) is 13.6.